The van der Waals surface area contributed by atoms with Crippen LogP contribution in [0.2, 0.25) is 0 Å². The predicted octanol–water partition coefficient (Wildman–Crippen LogP) is 4.51. The van der Waals surface area contributed by atoms with E-state index in [0.717, 1.165) is 15.4 Å². The minimum Gasteiger partial charge on any atom is -0.397 e. The molecule has 2 N–H and O–H groups in total. The van der Waals surface area contributed by atoms with Gasteiger partial charge in [0.2, 0.25) is 5.82 Å². The van der Waals surface area contributed by atoms with Crippen molar-refractivity contribution in [2.75, 3.05) is 12.3 Å². The maximum absolute atomic E-state index is 6.07. The number of nitrogen functional groups attached to an aromatic ring is 1. The van der Waals surface area contributed by atoms with Gasteiger partial charge in [-0.3, -0.25) is 0 Å². The Morgan fingerprint density at radius 3 is 2.67 bits per heavy atom. The van der Waals surface area contributed by atoms with E-state index in [1.165, 1.54) is 0 Å². The first-order valence-corrected chi connectivity index (χ1v) is 8.23. The van der Waals surface area contributed by atoms with Crippen LogP contribution in [0.5, 0.6) is 0 Å². The molecule has 5 nitrogen and oxygen atoms in total. The van der Waals surface area contributed by atoms with Crippen molar-refractivity contribution in [3.05, 3.63) is 26.9 Å². The Kier molecular flexibility index (Phi) is 5.06. The maximum atomic E-state index is 6.07. The molecule has 0 saturated heterocycles. The Bertz CT molecular complexity index is 645. The molecule has 2 rings (SSSR count). The zero-order chi connectivity index (χ0) is 15.6. The molecule has 1 aromatic heterocycles. The molecule has 0 spiro atoms. The van der Waals surface area contributed by atoms with E-state index in [4.69, 9.17) is 15.0 Å². The Balaban J connectivity index is 2.45. The highest BCUT2D eigenvalue weighted by Crippen LogP contribution is 2.36. The number of nitrogens with two attached hydrogens (primary N) is 1. The number of aromatic nitrogens is 2. The summed E-state index contributed by atoms with van der Waals surface area (Å²) in [6.45, 7) is 6.50. The van der Waals surface area contributed by atoms with Crippen molar-refractivity contribution in [3.8, 4) is 11.5 Å². The first-order valence-electron chi connectivity index (χ1n) is 6.64. The van der Waals surface area contributed by atoms with Gasteiger partial charge in [-0.1, -0.05) is 28.0 Å². The summed E-state index contributed by atoms with van der Waals surface area (Å²) in [5, 5.41) is 4.06. The first-order chi connectivity index (χ1) is 9.91. The van der Waals surface area contributed by atoms with E-state index < -0.39 is 5.60 Å². The number of halogens is 2. The molecular weight excluding hydrogens is 402 g/mol. The quantitative estimate of drug-likeness (QED) is 0.723. The van der Waals surface area contributed by atoms with Crippen LogP contribution in [0.15, 0.2) is 25.6 Å². The molecule has 1 heterocycles. The van der Waals surface area contributed by atoms with Gasteiger partial charge in [-0.2, -0.15) is 4.98 Å². The van der Waals surface area contributed by atoms with Crippen LogP contribution in [0.1, 0.15) is 33.0 Å². The fourth-order valence-corrected chi connectivity index (χ4v) is 3.18. The van der Waals surface area contributed by atoms with Crippen LogP contribution in [-0.2, 0) is 10.3 Å². The van der Waals surface area contributed by atoms with Gasteiger partial charge in [-0.05, 0) is 48.3 Å². The average Bonchev–Trinajstić information content (AvgIpc) is 2.93. The average molecular weight is 419 g/mol. The van der Waals surface area contributed by atoms with Crippen LogP contribution in [-0.4, -0.2) is 16.7 Å². The molecule has 21 heavy (non-hydrogen) atoms. The number of anilines is 1. The van der Waals surface area contributed by atoms with E-state index in [-0.39, 0.29) is 0 Å². The minimum absolute atomic E-state index is 0.379. The first kappa shape index (κ1) is 16.5. The lowest BCUT2D eigenvalue weighted by molar-refractivity contribution is -0.0403. The van der Waals surface area contributed by atoms with E-state index in [1.807, 2.05) is 32.9 Å². The smallest absolute Gasteiger partial charge is 0.260 e. The third-order valence-electron chi connectivity index (χ3n) is 3.36. The third-order valence-corrected chi connectivity index (χ3v) is 4.48. The highest BCUT2D eigenvalue weighted by atomic mass is 79.9. The molecule has 0 saturated carbocycles. The normalized spacial score (nSPS) is 14.1. The lowest BCUT2D eigenvalue weighted by Crippen LogP contribution is -2.26. The third kappa shape index (κ3) is 3.30. The van der Waals surface area contributed by atoms with Gasteiger partial charge in [0.25, 0.3) is 5.89 Å². The second kappa shape index (κ2) is 6.46. The SMILES string of the molecule is CCOC(C)(CC)c1noc(-c2cc(Br)cc(Br)c2N)n1. The minimum atomic E-state index is -0.561. The number of hydrogen-bond donors (Lipinski definition) is 1. The molecule has 0 radical (unpaired) electrons. The second-order valence-corrected chi connectivity index (χ2v) is 6.56. The molecule has 0 bridgehead atoms. The van der Waals surface area contributed by atoms with Gasteiger partial charge in [0.05, 0.1) is 11.3 Å². The molecule has 0 fully saturated rings. The van der Waals surface area contributed by atoms with Crippen molar-refractivity contribution in [1.29, 1.82) is 0 Å². The van der Waals surface area contributed by atoms with Crippen LogP contribution < -0.4 is 5.73 Å². The lowest BCUT2D eigenvalue weighted by Gasteiger charge is -2.23. The zero-order valence-corrected chi connectivity index (χ0v) is 15.3. The number of nitrogens with zero attached hydrogens (tertiary/aromatic N) is 2. The molecule has 0 amide bonds. The van der Waals surface area contributed by atoms with Gasteiger partial charge in [-0.25, -0.2) is 0 Å². The Labute approximate surface area is 140 Å². The van der Waals surface area contributed by atoms with Crippen LogP contribution in [0.3, 0.4) is 0 Å². The number of rotatable bonds is 5. The van der Waals surface area contributed by atoms with Crippen molar-refractivity contribution in [2.45, 2.75) is 32.8 Å². The van der Waals surface area contributed by atoms with Crippen LogP contribution >= 0.6 is 31.9 Å². The van der Waals surface area contributed by atoms with Crippen molar-refractivity contribution in [2.24, 2.45) is 0 Å². The van der Waals surface area contributed by atoms with Gasteiger partial charge in [-0.15, -0.1) is 0 Å². The molecule has 2 aromatic rings. The van der Waals surface area contributed by atoms with Gasteiger partial charge in [0, 0.05) is 15.6 Å². The maximum Gasteiger partial charge on any atom is 0.260 e. The predicted molar refractivity (Wildman–Crippen MR) is 88.8 cm³/mol. The molecule has 1 aromatic carbocycles. The second-order valence-electron chi connectivity index (χ2n) is 4.79. The van der Waals surface area contributed by atoms with Crippen LogP contribution in [0.25, 0.3) is 11.5 Å². The van der Waals surface area contributed by atoms with Crippen molar-refractivity contribution in [1.82, 2.24) is 10.1 Å². The monoisotopic (exact) mass is 417 g/mol. The van der Waals surface area contributed by atoms with Gasteiger partial charge >= 0.3 is 0 Å². The summed E-state index contributed by atoms with van der Waals surface area (Å²) in [4.78, 5) is 4.46. The summed E-state index contributed by atoms with van der Waals surface area (Å²) >= 11 is 6.84. The molecule has 1 atom stereocenters. The van der Waals surface area contributed by atoms with Crippen LogP contribution in [0.4, 0.5) is 5.69 Å². The van der Waals surface area contributed by atoms with Crippen molar-refractivity contribution >= 4 is 37.5 Å². The van der Waals surface area contributed by atoms with E-state index in [9.17, 15) is 0 Å². The van der Waals surface area contributed by atoms with E-state index >= 15 is 0 Å². The summed E-state index contributed by atoms with van der Waals surface area (Å²) in [5.74, 6) is 0.904. The summed E-state index contributed by atoms with van der Waals surface area (Å²) in [6, 6.07) is 3.72. The van der Waals surface area contributed by atoms with E-state index in [0.29, 0.717) is 29.6 Å². The van der Waals surface area contributed by atoms with Crippen molar-refractivity contribution in [3.63, 3.8) is 0 Å². The fraction of sp³-hybridized carbons (Fsp3) is 0.429. The van der Waals surface area contributed by atoms with E-state index in [2.05, 4.69) is 42.0 Å². The Hall–Kier alpha value is -0.920. The molecule has 1 unspecified atom stereocenters. The molecule has 114 valence electrons. The number of hydrogen-bond acceptors (Lipinski definition) is 5. The van der Waals surface area contributed by atoms with Crippen LogP contribution in [0, 0.1) is 0 Å². The lowest BCUT2D eigenvalue weighted by atomic mass is 10.0. The van der Waals surface area contributed by atoms with Crippen molar-refractivity contribution < 1.29 is 9.26 Å². The molecule has 7 heteroatoms. The van der Waals surface area contributed by atoms with Gasteiger partial charge < -0.3 is 15.0 Å². The number of benzene rings is 1. The molecule has 0 aliphatic heterocycles. The van der Waals surface area contributed by atoms with Gasteiger partial charge in [0.15, 0.2) is 0 Å². The summed E-state index contributed by atoms with van der Waals surface area (Å²) in [6.07, 6.45) is 0.747. The zero-order valence-electron chi connectivity index (χ0n) is 12.1. The Morgan fingerprint density at radius 2 is 2.05 bits per heavy atom. The summed E-state index contributed by atoms with van der Waals surface area (Å²) in [5.41, 5.74) is 6.75. The summed E-state index contributed by atoms with van der Waals surface area (Å²) < 4.78 is 12.8. The molecular formula is C14H17Br2N3O2. The highest BCUT2D eigenvalue weighted by Gasteiger charge is 2.31. The highest BCUT2D eigenvalue weighted by molar-refractivity contribution is 9.11. The fourth-order valence-electron chi connectivity index (χ4n) is 1.95. The molecule has 0 aliphatic rings. The van der Waals surface area contributed by atoms with E-state index in [1.54, 1.807) is 0 Å². The Morgan fingerprint density at radius 1 is 1.33 bits per heavy atom. The molecule has 0 aliphatic carbocycles. The topological polar surface area (TPSA) is 74.2 Å². The summed E-state index contributed by atoms with van der Waals surface area (Å²) in [7, 11) is 0. The van der Waals surface area contributed by atoms with Gasteiger partial charge in [0.1, 0.15) is 5.60 Å². The largest absolute Gasteiger partial charge is 0.397 e. The number of ether oxygens (including phenoxy) is 1. The standard InChI is InChI=1S/C14H17Br2N3O2/c1-4-14(3,20-5-2)13-18-12(21-19-13)9-6-8(15)7-10(16)11(9)17/h6-7H,4-5,17H2,1-3H3.